The van der Waals surface area contributed by atoms with E-state index in [-0.39, 0.29) is 17.7 Å². The summed E-state index contributed by atoms with van der Waals surface area (Å²) in [6.07, 6.45) is 1.67. The minimum absolute atomic E-state index is 0.0742. The molecule has 0 bridgehead atoms. The van der Waals surface area contributed by atoms with Crippen LogP contribution in [0.4, 0.5) is 0 Å². The Morgan fingerprint density at radius 1 is 1.22 bits per heavy atom. The van der Waals surface area contributed by atoms with Crippen molar-refractivity contribution in [3.8, 4) is 16.9 Å². The number of fused-ring (bicyclic) bond motifs is 1. The number of carbonyl (C=O) groups is 1. The van der Waals surface area contributed by atoms with Crippen LogP contribution in [0.25, 0.3) is 22.0 Å². The molecular formula is C24H24N4O4. The lowest BCUT2D eigenvalue weighted by Crippen LogP contribution is -2.33. The van der Waals surface area contributed by atoms with Gasteiger partial charge in [-0.2, -0.15) is 0 Å². The Hall–Kier alpha value is -3.94. The minimum atomic E-state index is -0.413. The maximum Gasteiger partial charge on any atom is 0.264 e. The molecule has 0 aliphatic heterocycles. The van der Waals surface area contributed by atoms with Gasteiger partial charge in [-0.25, -0.2) is 0 Å². The Bertz CT molecular complexity index is 1340. The lowest BCUT2D eigenvalue weighted by Gasteiger charge is -2.16. The highest BCUT2D eigenvalue weighted by atomic mass is 16.5. The van der Waals surface area contributed by atoms with Crippen molar-refractivity contribution in [2.45, 2.75) is 27.3 Å². The number of carbonyl (C=O) groups excluding carboxylic acids is 1. The van der Waals surface area contributed by atoms with Crippen LogP contribution in [0.2, 0.25) is 0 Å². The molecule has 32 heavy (non-hydrogen) atoms. The zero-order valence-corrected chi connectivity index (χ0v) is 18.4. The second-order valence-corrected chi connectivity index (χ2v) is 7.44. The van der Waals surface area contributed by atoms with Crippen molar-refractivity contribution < 1.29 is 14.1 Å². The molecule has 0 fully saturated rings. The summed E-state index contributed by atoms with van der Waals surface area (Å²) in [5, 5.41) is 7.49. The molecule has 3 aromatic heterocycles. The van der Waals surface area contributed by atoms with Crippen LogP contribution in [0.1, 0.15) is 34.4 Å². The molecule has 1 aromatic carbocycles. The Labute approximate surface area is 184 Å². The molecule has 4 rings (SSSR count). The van der Waals surface area contributed by atoms with Crippen molar-refractivity contribution in [1.82, 2.24) is 20.0 Å². The van der Waals surface area contributed by atoms with E-state index in [1.807, 2.05) is 51.1 Å². The van der Waals surface area contributed by atoms with Gasteiger partial charge in [0, 0.05) is 29.8 Å². The fourth-order valence-corrected chi connectivity index (χ4v) is 3.87. The van der Waals surface area contributed by atoms with Crippen molar-refractivity contribution in [3.63, 3.8) is 0 Å². The first kappa shape index (κ1) is 21.3. The van der Waals surface area contributed by atoms with Crippen molar-refractivity contribution in [2.24, 2.45) is 0 Å². The molecular weight excluding hydrogens is 408 g/mol. The van der Waals surface area contributed by atoms with E-state index < -0.39 is 5.91 Å². The topological polar surface area (TPSA) is 99.2 Å². The van der Waals surface area contributed by atoms with Gasteiger partial charge < -0.3 is 19.1 Å². The number of hydrogen-bond donors (Lipinski definition) is 1. The van der Waals surface area contributed by atoms with Crippen LogP contribution in [-0.2, 0) is 6.54 Å². The standard InChI is InChI=1S/C24H24N4O4/c1-5-25-23(29)19-11-16-10-18(22-14(2)27-32-15(22)3)21(31-4)12-20(16)28(24(19)30)13-17-8-6-7-9-26-17/h6-12H,5,13H2,1-4H3,(H,25,29). The number of aryl methyl sites for hydroxylation is 2. The van der Waals surface area contributed by atoms with Crippen LogP contribution in [0.3, 0.4) is 0 Å². The molecule has 1 amide bonds. The zero-order chi connectivity index (χ0) is 22.8. The van der Waals surface area contributed by atoms with Crippen LogP contribution in [0, 0.1) is 13.8 Å². The first-order valence-electron chi connectivity index (χ1n) is 10.3. The van der Waals surface area contributed by atoms with Gasteiger partial charge in [-0.05, 0) is 45.0 Å². The van der Waals surface area contributed by atoms with E-state index in [4.69, 9.17) is 9.26 Å². The highest BCUT2D eigenvalue weighted by Gasteiger charge is 2.21. The first-order chi connectivity index (χ1) is 15.4. The fourth-order valence-electron chi connectivity index (χ4n) is 3.87. The Balaban J connectivity index is 2.02. The molecule has 0 atom stereocenters. The minimum Gasteiger partial charge on any atom is -0.496 e. The van der Waals surface area contributed by atoms with Crippen molar-refractivity contribution in [1.29, 1.82) is 0 Å². The quantitative estimate of drug-likeness (QED) is 0.501. The molecule has 0 saturated heterocycles. The van der Waals surface area contributed by atoms with Crippen LogP contribution < -0.4 is 15.6 Å². The largest absolute Gasteiger partial charge is 0.496 e. The van der Waals surface area contributed by atoms with E-state index >= 15 is 0 Å². The van der Waals surface area contributed by atoms with Crippen LogP contribution in [-0.4, -0.2) is 34.3 Å². The van der Waals surface area contributed by atoms with E-state index in [1.54, 1.807) is 23.9 Å². The first-order valence-corrected chi connectivity index (χ1v) is 10.3. The third-order valence-electron chi connectivity index (χ3n) is 5.35. The normalized spacial score (nSPS) is 11.0. The summed E-state index contributed by atoms with van der Waals surface area (Å²) in [5.74, 6) is 0.821. The molecule has 1 N–H and O–H groups in total. The van der Waals surface area contributed by atoms with E-state index in [1.165, 1.54) is 0 Å². The summed E-state index contributed by atoms with van der Waals surface area (Å²) in [6, 6.07) is 10.8. The van der Waals surface area contributed by atoms with E-state index in [0.29, 0.717) is 29.3 Å². The number of nitrogens with zero attached hydrogens (tertiary/aromatic N) is 3. The highest BCUT2D eigenvalue weighted by molar-refractivity contribution is 5.99. The van der Waals surface area contributed by atoms with Gasteiger partial charge in [0.25, 0.3) is 11.5 Å². The third-order valence-corrected chi connectivity index (χ3v) is 5.35. The van der Waals surface area contributed by atoms with Crippen LogP contribution in [0.15, 0.2) is 51.9 Å². The highest BCUT2D eigenvalue weighted by Crippen LogP contribution is 2.37. The van der Waals surface area contributed by atoms with Crippen molar-refractivity contribution >= 4 is 16.8 Å². The number of hydrogen-bond acceptors (Lipinski definition) is 6. The van der Waals surface area contributed by atoms with Crippen molar-refractivity contribution in [2.75, 3.05) is 13.7 Å². The molecule has 3 heterocycles. The Morgan fingerprint density at radius 3 is 2.66 bits per heavy atom. The summed E-state index contributed by atoms with van der Waals surface area (Å²) in [7, 11) is 1.58. The number of ether oxygens (including phenoxy) is 1. The molecule has 8 heteroatoms. The molecule has 0 saturated carbocycles. The molecule has 0 radical (unpaired) electrons. The number of aromatic nitrogens is 3. The van der Waals surface area contributed by atoms with E-state index in [9.17, 15) is 9.59 Å². The predicted molar refractivity (Wildman–Crippen MR) is 121 cm³/mol. The van der Waals surface area contributed by atoms with Crippen LogP contribution >= 0.6 is 0 Å². The number of pyridine rings is 2. The SMILES string of the molecule is CCNC(=O)c1cc2cc(-c3c(C)noc3C)c(OC)cc2n(Cc2ccccn2)c1=O. The number of amides is 1. The van der Waals surface area contributed by atoms with Gasteiger partial charge in [0.05, 0.1) is 36.1 Å². The lowest BCUT2D eigenvalue weighted by molar-refractivity contribution is 0.0954. The molecule has 0 spiro atoms. The summed E-state index contributed by atoms with van der Waals surface area (Å²) in [5.41, 5.74) is 3.36. The summed E-state index contributed by atoms with van der Waals surface area (Å²) < 4.78 is 12.6. The number of rotatable bonds is 6. The molecule has 0 unspecified atom stereocenters. The second-order valence-electron chi connectivity index (χ2n) is 7.44. The lowest BCUT2D eigenvalue weighted by atomic mass is 9.99. The van der Waals surface area contributed by atoms with Gasteiger partial charge >= 0.3 is 0 Å². The van der Waals surface area contributed by atoms with Gasteiger partial charge in [0.2, 0.25) is 0 Å². The van der Waals surface area contributed by atoms with Gasteiger partial charge in [-0.1, -0.05) is 11.2 Å². The average Bonchev–Trinajstić information content (AvgIpc) is 3.13. The average molecular weight is 432 g/mol. The van der Waals surface area contributed by atoms with Crippen molar-refractivity contribution in [3.05, 3.63) is 75.7 Å². The Morgan fingerprint density at radius 2 is 2.03 bits per heavy atom. The molecule has 8 nitrogen and oxygen atoms in total. The maximum absolute atomic E-state index is 13.3. The van der Waals surface area contributed by atoms with Gasteiger partial charge in [-0.3, -0.25) is 14.6 Å². The number of nitrogens with one attached hydrogen (secondary N) is 1. The molecule has 4 aromatic rings. The van der Waals surface area contributed by atoms with E-state index in [0.717, 1.165) is 22.2 Å². The Kier molecular flexibility index (Phi) is 5.77. The zero-order valence-electron chi connectivity index (χ0n) is 18.4. The van der Waals surface area contributed by atoms with Gasteiger partial charge in [0.1, 0.15) is 17.1 Å². The predicted octanol–water partition coefficient (Wildman–Crippen LogP) is 3.47. The van der Waals surface area contributed by atoms with E-state index in [2.05, 4.69) is 15.5 Å². The fraction of sp³-hybridized carbons (Fsp3) is 0.250. The molecule has 0 aliphatic carbocycles. The summed E-state index contributed by atoms with van der Waals surface area (Å²) in [6.45, 7) is 6.14. The number of benzene rings is 1. The number of methoxy groups -OCH3 is 1. The summed E-state index contributed by atoms with van der Waals surface area (Å²) >= 11 is 0. The van der Waals surface area contributed by atoms with Gasteiger partial charge in [-0.15, -0.1) is 0 Å². The smallest absolute Gasteiger partial charge is 0.264 e. The summed E-state index contributed by atoms with van der Waals surface area (Å²) in [4.78, 5) is 30.3. The monoisotopic (exact) mass is 432 g/mol. The van der Waals surface area contributed by atoms with Crippen LogP contribution in [0.5, 0.6) is 5.75 Å². The maximum atomic E-state index is 13.3. The second kappa shape index (κ2) is 8.66. The molecule has 0 aliphatic rings. The third kappa shape index (κ3) is 3.75. The molecule has 164 valence electrons. The van der Waals surface area contributed by atoms with Gasteiger partial charge in [0.15, 0.2) is 0 Å².